The summed E-state index contributed by atoms with van der Waals surface area (Å²) in [5, 5.41) is 0. The van der Waals surface area contributed by atoms with E-state index >= 15 is 0 Å². The van der Waals surface area contributed by atoms with Crippen molar-refractivity contribution in [1.82, 2.24) is 14.3 Å². The van der Waals surface area contributed by atoms with Gasteiger partial charge in [0.15, 0.2) is 5.49 Å². The largest absolute Gasteiger partial charge is 0.491 e. The van der Waals surface area contributed by atoms with Crippen molar-refractivity contribution < 1.29 is 27.4 Å². The summed E-state index contributed by atoms with van der Waals surface area (Å²) in [6.07, 6.45) is -2.74. The van der Waals surface area contributed by atoms with Crippen molar-refractivity contribution in [3.8, 4) is 5.75 Å². The van der Waals surface area contributed by atoms with Crippen molar-refractivity contribution in [3.05, 3.63) is 46.6 Å². The first kappa shape index (κ1) is 27.0. The quantitative estimate of drug-likeness (QED) is 0.582. The Balaban J connectivity index is 2.07. The van der Waals surface area contributed by atoms with Crippen LogP contribution in [0.25, 0.3) is 0 Å². The van der Waals surface area contributed by atoms with Gasteiger partial charge >= 0.3 is 6.18 Å². The zero-order valence-electron chi connectivity index (χ0n) is 21.3. The molecule has 10 heteroatoms. The van der Waals surface area contributed by atoms with Crippen molar-refractivity contribution in [2.24, 2.45) is 12.0 Å². The van der Waals surface area contributed by atoms with E-state index in [0.717, 1.165) is 30.7 Å². The van der Waals surface area contributed by atoms with Crippen LogP contribution in [0.1, 0.15) is 55.2 Å². The lowest BCUT2D eigenvalue weighted by molar-refractivity contribution is -0.137. The number of halogens is 3. The number of hydrogen-bond acceptors (Lipinski definition) is 4. The highest BCUT2D eigenvalue weighted by Gasteiger charge is 2.32. The molecule has 0 radical (unpaired) electrons. The summed E-state index contributed by atoms with van der Waals surface area (Å²) in [7, 11) is 5.60. The molecule has 2 aromatic rings. The number of likely N-dealkylation sites (N-methyl/N-ethyl adjacent to an activating group) is 1. The van der Waals surface area contributed by atoms with Crippen LogP contribution < -0.4 is 10.2 Å². The van der Waals surface area contributed by atoms with Crippen LogP contribution in [0.3, 0.4) is 0 Å². The Morgan fingerprint density at radius 2 is 1.94 bits per heavy atom. The average molecular weight is 497 g/mol. The van der Waals surface area contributed by atoms with Crippen molar-refractivity contribution in [2.75, 3.05) is 33.9 Å². The van der Waals surface area contributed by atoms with Crippen LogP contribution in [-0.2, 0) is 29.9 Å². The third-order valence-electron chi connectivity index (χ3n) is 5.96. The third kappa shape index (κ3) is 6.76. The molecule has 35 heavy (non-hydrogen) atoms. The van der Waals surface area contributed by atoms with E-state index < -0.39 is 17.6 Å². The van der Waals surface area contributed by atoms with Gasteiger partial charge in [0.1, 0.15) is 12.4 Å². The maximum absolute atomic E-state index is 13.4. The molecule has 0 spiro atoms. The van der Waals surface area contributed by atoms with Crippen LogP contribution in [0.2, 0.25) is 0 Å². The molecular weight excluding hydrogens is 461 g/mol. The van der Waals surface area contributed by atoms with Crippen molar-refractivity contribution in [3.63, 3.8) is 0 Å². The molecule has 1 aromatic heterocycles. The fourth-order valence-electron chi connectivity index (χ4n) is 4.06. The van der Waals surface area contributed by atoms with Gasteiger partial charge in [0.25, 0.3) is 5.91 Å². The summed E-state index contributed by atoms with van der Waals surface area (Å²) in [6.45, 7) is 8.09. The Labute approximate surface area is 204 Å². The summed E-state index contributed by atoms with van der Waals surface area (Å²) in [5.41, 5.74) is -0.0706. The van der Waals surface area contributed by atoms with E-state index in [0.29, 0.717) is 25.2 Å². The van der Waals surface area contributed by atoms with E-state index in [-0.39, 0.29) is 29.4 Å². The molecule has 1 atom stereocenters. The first-order chi connectivity index (χ1) is 16.3. The highest BCUT2D eigenvalue weighted by atomic mass is 19.4. The van der Waals surface area contributed by atoms with Gasteiger partial charge in [-0.15, -0.1) is 0 Å². The number of ether oxygens (including phenoxy) is 2. The van der Waals surface area contributed by atoms with Gasteiger partial charge in [-0.1, -0.05) is 20.8 Å². The Hall–Kier alpha value is -2.59. The summed E-state index contributed by atoms with van der Waals surface area (Å²) in [5.74, 6) is -0.714. The van der Waals surface area contributed by atoms with Crippen LogP contribution in [0.4, 0.5) is 13.2 Å². The first-order valence-electron chi connectivity index (χ1n) is 11.7. The van der Waals surface area contributed by atoms with Crippen LogP contribution in [0.5, 0.6) is 5.75 Å². The Morgan fingerprint density at radius 3 is 2.51 bits per heavy atom. The maximum atomic E-state index is 13.4. The van der Waals surface area contributed by atoms with E-state index in [1.54, 1.807) is 0 Å². The Kier molecular flexibility index (Phi) is 8.16. The molecule has 3 rings (SSSR count). The monoisotopic (exact) mass is 496 g/mol. The number of carbonyl (C=O) groups is 1. The molecule has 0 N–H and O–H groups in total. The number of hydrogen-bond donors (Lipinski definition) is 0. The molecule has 1 aromatic carbocycles. The molecule has 0 bridgehead atoms. The highest BCUT2D eigenvalue weighted by molar-refractivity contribution is 5.97. The van der Waals surface area contributed by atoms with Crippen LogP contribution >= 0.6 is 0 Å². The van der Waals surface area contributed by atoms with E-state index in [1.165, 1.54) is 6.07 Å². The lowest BCUT2D eigenvalue weighted by atomic mass is 9.92. The van der Waals surface area contributed by atoms with Crippen molar-refractivity contribution in [1.29, 1.82) is 0 Å². The molecule has 0 unspecified atom stereocenters. The number of amides is 1. The average Bonchev–Trinajstić information content (AvgIpc) is 3.36. The normalized spacial score (nSPS) is 17.4. The number of nitrogens with zero attached hydrogens (tertiary/aromatic N) is 4. The van der Waals surface area contributed by atoms with Crippen molar-refractivity contribution >= 4 is 5.91 Å². The van der Waals surface area contributed by atoms with Gasteiger partial charge in [-0.25, -0.2) is 0 Å². The van der Waals surface area contributed by atoms with Gasteiger partial charge in [-0.2, -0.15) is 18.2 Å². The number of rotatable bonds is 7. The number of aromatic nitrogens is 2. The summed E-state index contributed by atoms with van der Waals surface area (Å²) >= 11 is 0. The molecule has 0 aliphatic carbocycles. The third-order valence-corrected chi connectivity index (χ3v) is 5.96. The molecule has 1 fully saturated rings. The SMILES string of the molecule is CN(C)CCOc1ccc(C(F)(F)F)cc1C(=O)/N=c1\cc(C(C)(C)C)n(C)n1C[C@H]1CCCO1. The second kappa shape index (κ2) is 10.6. The van der Waals surface area contributed by atoms with E-state index in [1.807, 2.05) is 62.2 Å². The molecule has 1 saturated heterocycles. The smallest absolute Gasteiger partial charge is 0.416 e. The number of carbonyl (C=O) groups excluding carboxylic acids is 1. The van der Waals surface area contributed by atoms with E-state index in [2.05, 4.69) is 4.99 Å². The number of benzene rings is 1. The van der Waals surface area contributed by atoms with E-state index in [9.17, 15) is 18.0 Å². The zero-order chi connectivity index (χ0) is 26.0. The topological polar surface area (TPSA) is 61.0 Å². The Bertz CT molecular complexity index is 1100. The van der Waals surface area contributed by atoms with Gasteiger partial charge < -0.3 is 14.4 Å². The van der Waals surface area contributed by atoms with Gasteiger partial charge in [-0.3, -0.25) is 14.2 Å². The molecule has 7 nitrogen and oxygen atoms in total. The van der Waals surface area contributed by atoms with Gasteiger partial charge in [0.05, 0.1) is 23.8 Å². The molecule has 1 aliphatic rings. The first-order valence-corrected chi connectivity index (χ1v) is 11.7. The fraction of sp³-hybridized carbons (Fsp3) is 0.600. The minimum atomic E-state index is -4.59. The maximum Gasteiger partial charge on any atom is 0.416 e. The van der Waals surface area contributed by atoms with Gasteiger partial charge in [0, 0.05) is 37.4 Å². The van der Waals surface area contributed by atoms with Crippen LogP contribution in [-0.4, -0.2) is 60.1 Å². The predicted molar refractivity (Wildman–Crippen MR) is 126 cm³/mol. The van der Waals surface area contributed by atoms with Crippen LogP contribution in [0, 0.1) is 0 Å². The molecule has 1 aliphatic heterocycles. The molecule has 1 amide bonds. The standard InChI is InChI=1S/C25H35F3N4O3/c1-24(2,3)21-15-22(32(31(21)6)16-18-8-7-12-34-18)29-23(33)19-14-17(25(26,27)28)9-10-20(19)35-13-11-30(4)5/h9-10,14-15,18H,7-8,11-13,16H2,1-6H3/b29-22+/t18-/m1/s1. The Morgan fingerprint density at radius 1 is 1.23 bits per heavy atom. The second-order valence-corrected chi connectivity index (χ2v) is 10.2. The summed E-state index contributed by atoms with van der Waals surface area (Å²) in [6, 6.07) is 4.73. The fourth-order valence-corrected chi connectivity index (χ4v) is 4.06. The van der Waals surface area contributed by atoms with E-state index in [4.69, 9.17) is 9.47 Å². The second-order valence-electron chi connectivity index (χ2n) is 10.2. The minimum absolute atomic E-state index is 0.0102. The zero-order valence-corrected chi connectivity index (χ0v) is 21.3. The summed E-state index contributed by atoms with van der Waals surface area (Å²) < 4.78 is 55.5. The van der Waals surface area contributed by atoms with Gasteiger partial charge in [0.2, 0.25) is 0 Å². The molecule has 194 valence electrons. The minimum Gasteiger partial charge on any atom is -0.491 e. The van der Waals surface area contributed by atoms with Crippen molar-refractivity contribution in [2.45, 2.75) is 57.9 Å². The lowest BCUT2D eigenvalue weighted by Crippen LogP contribution is -2.30. The predicted octanol–water partition coefficient (Wildman–Crippen LogP) is 4.00. The molecule has 0 saturated carbocycles. The van der Waals surface area contributed by atoms with Gasteiger partial charge in [-0.05, 0) is 45.1 Å². The lowest BCUT2D eigenvalue weighted by Gasteiger charge is -2.21. The van der Waals surface area contributed by atoms with Crippen LogP contribution in [0.15, 0.2) is 29.3 Å². The molecular formula is C25H35F3N4O3. The highest BCUT2D eigenvalue weighted by Crippen LogP contribution is 2.33. The molecule has 2 heterocycles. The number of alkyl halides is 3. The summed E-state index contributed by atoms with van der Waals surface area (Å²) in [4.78, 5) is 19.5.